The lowest BCUT2D eigenvalue weighted by molar-refractivity contribution is 0.872. The smallest absolute Gasteiger partial charge is 0.248 e. The molecule has 1 heterocycles. The number of benzene rings is 1. The Labute approximate surface area is 90.0 Å². The van der Waals surface area contributed by atoms with Crippen LogP contribution in [0.5, 0.6) is 0 Å². The Balaban J connectivity index is 2.85. The summed E-state index contributed by atoms with van der Waals surface area (Å²) >= 11 is 0. The molecular weight excluding hydrogens is 184 g/mol. The molecule has 0 radical (unpaired) electrons. The maximum absolute atomic E-state index is 7.14. The summed E-state index contributed by atoms with van der Waals surface area (Å²) in [5, 5.41) is 1.21. The molecule has 2 rings (SSSR count). The lowest BCUT2D eigenvalue weighted by Gasteiger charge is -2.00. The number of nitrogens with zero attached hydrogens (tertiary/aromatic N) is 2. The third-order valence-electron chi connectivity index (χ3n) is 3.06. The van der Waals surface area contributed by atoms with E-state index in [2.05, 4.69) is 35.5 Å². The third kappa shape index (κ3) is 1.32. The van der Waals surface area contributed by atoms with E-state index in [4.69, 9.17) is 6.57 Å². The van der Waals surface area contributed by atoms with Crippen molar-refractivity contribution in [2.45, 2.75) is 19.9 Å². The van der Waals surface area contributed by atoms with Gasteiger partial charge in [0.25, 0.3) is 0 Å². The molecule has 15 heavy (non-hydrogen) atoms. The zero-order valence-electron chi connectivity index (χ0n) is 9.28. The molecular formula is C13H14N2. The van der Waals surface area contributed by atoms with Gasteiger partial charge < -0.3 is 9.41 Å². The number of aryl methyl sites for hydroxylation is 1. The second kappa shape index (κ2) is 3.43. The van der Waals surface area contributed by atoms with Gasteiger partial charge in [0.05, 0.1) is 5.56 Å². The van der Waals surface area contributed by atoms with Crippen molar-refractivity contribution in [1.82, 2.24) is 4.57 Å². The molecule has 0 aliphatic carbocycles. The molecule has 2 aromatic rings. The van der Waals surface area contributed by atoms with Crippen LogP contribution in [0, 0.1) is 13.5 Å². The summed E-state index contributed by atoms with van der Waals surface area (Å²) in [5.74, 6) is 0. The molecule has 0 aliphatic rings. The van der Waals surface area contributed by atoms with Crippen LogP contribution >= 0.6 is 0 Å². The third-order valence-corrected chi connectivity index (χ3v) is 3.06. The Morgan fingerprint density at radius 3 is 2.67 bits per heavy atom. The molecule has 0 saturated carbocycles. The first-order chi connectivity index (χ1) is 7.16. The molecule has 0 N–H and O–H groups in total. The van der Waals surface area contributed by atoms with Gasteiger partial charge >= 0.3 is 0 Å². The molecule has 1 aromatic heterocycles. The standard InChI is InChI=1S/C13H14N2/c1-9(14-3)13-10(2)15(4)12-8-6-5-7-11(12)13/h5-9H,1-2,4H3. The van der Waals surface area contributed by atoms with Crippen molar-refractivity contribution in [3.05, 3.63) is 46.9 Å². The summed E-state index contributed by atoms with van der Waals surface area (Å²) in [7, 11) is 2.05. The van der Waals surface area contributed by atoms with Crippen LogP contribution in [-0.4, -0.2) is 4.57 Å². The van der Waals surface area contributed by atoms with E-state index in [1.807, 2.05) is 19.1 Å². The van der Waals surface area contributed by atoms with Crippen LogP contribution in [0.4, 0.5) is 0 Å². The van der Waals surface area contributed by atoms with Gasteiger partial charge in [-0.15, -0.1) is 0 Å². The van der Waals surface area contributed by atoms with E-state index in [0.29, 0.717) is 0 Å². The first kappa shape index (κ1) is 9.79. The first-order valence-corrected chi connectivity index (χ1v) is 5.07. The van der Waals surface area contributed by atoms with Crippen LogP contribution in [0.3, 0.4) is 0 Å². The molecule has 0 aliphatic heterocycles. The zero-order valence-corrected chi connectivity index (χ0v) is 9.28. The van der Waals surface area contributed by atoms with Crippen LogP contribution in [0.1, 0.15) is 24.2 Å². The molecule has 1 atom stereocenters. The summed E-state index contributed by atoms with van der Waals surface area (Å²) in [6, 6.07) is 8.20. The normalized spacial score (nSPS) is 12.7. The number of fused-ring (bicyclic) bond motifs is 1. The van der Waals surface area contributed by atoms with Crippen LogP contribution < -0.4 is 0 Å². The zero-order chi connectivity index (χ0) is 11.0. The number of aromatic nitrogens is 1. The molecule has 0 saturated heterocycles. The fourth-order valence-corrected chi connectivity index (χ4v) is 2.14. The maximum Gasteiger partial charge on any atom is 0.248 e. The van der Waals surface area contributed by atoms with E-state index < -0.39 is 0 Å². The van der Waals surface area contributed by atoms with Crippen molar-refractivity contribution in [2.24, 2.45) is 7.05 Å². The topological polar surface area (TPSA) is 9.29 Å². The van der Waals surface area contributed by atoms with Crippen molar-refractivity contribution in [2.75, 3.05) is 0 Å². The van der Waals surface area contributed by atoms with E-state index in [1.54, 1.807) is 0 Å². The molecule has 0 bridgehead atoms. The van der Waals surface area contributed by atoms with Gasteiger partial charge in [0, 0.05) is 30.6 Å². The summed E-state index contributed by atoms with van der Waals surface area (Å²) in [6.07, 6.45) is 0. The highest BCUT2D eigenvalue weighted by Gasteiger charge is 2.19. The predicted molar refractivity (Wildman–Crippen MR) is 62.7 cm³/mol. The quantitative estimate of drug-likeness (QED) is 0.621. The van der Waals surface area contributed by atoms with E-state index in [-0.39, 0.29) is 6.04 Å². The van der Waals surface area contributed by atoms with Gasteiger partial charge in [0.2, 0.25) is 6.04 Å². The Kier molecular flexibility index (Phi) is 2.24. The van der Waals surface area contributed by atoms with E-state index in [0.717, 1.165) is 0 Å². The molecule has 0 spiro atoms. The fourth-order valence-electron chi connectivity index (χ4n) is 2.14. The minimum absolute atomic E-state index is 0.0592. The minimum atomic E-state index is -0.0592. The molecule has 1 aromatic carbocycles. The van der Waals surface area contributed by atoms with Crippen molar-refractivity contribution in [1.29, 1.82) is 0 Å². The number of hydrogen-bond donors (Lipinski definition) is 0. The van der Waals surface area contributed by atoms with Crippen LogP contribution in [0.15, 0.2) is 24.3 Å². The molecule has 2 nitrogen and oxygen atoms in total. The average Bonchev–Trinajstić information content (AvgIpc) is 2.52. The van der Waals surface area contributed by atoms with Crippen molar-refractivity contribution >= 4 is 10.9 Å². The molecule has 2 heteroatoms. The fraction of sp³-hybridized carbons (Fsp3) is 0.308. The number of rotatable bonds is 1. The Morgan fingerprint density at radius 2 is 2.00 bits per heavy atom. The van der Waals surface area contributed by atoms with E-state index in [1.165, 1.54) is 22.2 Å². The summed E-state index contributed by atoms with van der Waals surface area (Å²) < 4.78 is 2.16. The average molecular weight is 198 g/mol. The predicted octanol–water partition coefficient (Wildman–Crippen LogP) is 3.47. The van der Waals surface area contributed by atoms with Gasteiger partial charge in [-0.2, -0.15) is 0 Å². The Bertz CT molecular complexity index is 543. The van der Waals surface area contributed by atoms with Crippen LogP contribution in [0.25, 0.3) is 15.7 Å². The van der Waals surface area contributed by atoms with Crippen LogP contribution in [-0.2, 0) is 7.05 Å². The second-order valence-corrected chi connectivity index (χ2v) is 3.88. The van der Waals surface area contributed by atoms with Gasteiger partial charge in [-0.1, -0.05) is 18.2 Å². The summed E-state index contributed by atoms with van der Waals surface area (Å²) in [5.41, 5.74) is 3.57. The molecule has 0 amide bonds. The monoisotopic (exact) mass is 198 g/mol. The van der Waals surface area contributed by atoms with E-state index >= 15 is 0 Å². The lowest BCUT2D eigenvalue weighted by atomic mass is 10.1. The SMILES string of the molecule is [C-]#[N+]C(C)c1c(C)n(C)c2ccccc12. The first-order valence-electron chi connectivity index (χ1n) is 5.07. The maximum atomic E-state index is 7.14. The highest BCUT2D eigenvalue weighted by atomic mass is 15.0. The van der Waals surface area contributed by atoms with Gasteiger partial charge in [-0.05, 0) is 13.0 Å². The van der Waals surface area contributed by atoms with Gasteiger partial charge in [-0.3, -0.25) is 0 Å². The molecule has 0 fully saturated rings. The van der Waals surface area contributed by atoms with Gasteiger partial charge in [-0.25, -0.2) is 6.57 Å². The second-order valence-electron chi connectivity index (χ2n) is 3.88. The number of para-hydroxylation sites is 1. The van der Waals surface area contributed by atoms with Crippen molar-refractivity contribution in [3.63, 3.8) is 0 Å². The highest BCUT2D eigenvalue weighted by Crippen LogP contribution is 2.31. The molecule has 1 unspecified atom stereocenters. The van der Waals surface area contributed by atoms with Gasteiger partial charge in [0.1, 0.15) is 0 Å². The van der Waals surface area contributed by atoms with Crippen LogP contribution in [0.2, 0.25) is 0 Å². The largest absolute Gasteiger partial charge is 0.347 e. The summed E-state index contributed by atoms with van der Waals surface area (Å²) in [4.78, 5) is 3.62. The van der Waals surface area contributed by atoms with Crippen molar-refractivity contribution < 1.29 is 0 Å². The summed E-state index contributed by atoms with van der Waals surface area (Å²) in [6.45, 7) is 11.2. The number of hydrogen-bond acceptors (Lipinski definition) is 0. The van der Waals surface area contributed by atoms with Crippen molar-refractivity contribution in [3.8, 4) is 0 Å². The minimum Gasteiger partial charge on any atom is -0.347 e. The molecule has 76 valence electrons. The van der Waals surface area contributed by atoms with E-state index in [9.17, 15) is 0 Å². The Morgan fingerprint density at radius 1 is 1.33 bits per heavy atom. The Hall–Kier alpha value is -1.75. The van der Waals surface area contributed by atoms with Gasteiger partial charge in [0.15, 0.2) is 0 Å². The lowest BCUT2D eigenvalue weighted by Crippen LogP contribution is -1.93. The highest BCUT2D eigenvalue weighted by molar-refractivity contribution is 5.86.